The molecular weight excluding hydrogens is 332 g/mol. The number of carbonyl (C=O) groups is 2. The molecule has 25 heavy (non-hydrogen) atoms. The van der Waals surface area contributed by atoms with E-state index in [4.69, 9.17) is 9.15 Å². The fourth-order valence-corrected chi connectivity index (χ4v) is 1.96. The van der Waals surface area contributed by atoms with Crippen LogP contribution in [0.2, 0.25) is 0 Å². The summed E-state index contributed by atoms with van der Waals surface area (Å²) in [5.41, 5.74) is 0.504. The number of nitro benzene ring substituents is 1. The molecule has 1 N–H and O–H groups in total. The number of nitrogens with one attached hydrogen (secondary N) is 1. The van der Waals surface area contributed by atoms with E-state index in [0.717, 1.165) is 0 Å². The van der Waals surface area contributed by atoms with Crippen LogP contribution >= 0.6 is 0 Å². The van der Waals surface area contributed by atoms with E-state index >= 15 is 0 Å². The second-order valence-electron chi connectivity index (χ2n) is 5.05. The van der Waals surface area contributed by atoms with Gasteiger partial charge >= 0.3 is 11.7 Å². The van der Waals surface area contributed by atoms with Crippen LogP contribution < -0.4 is 10.1 Å². The molecule has 0 fully saturated rings. The summed E-state index contributed by atoms with van der Waals surface area (Å²) in [7, 11) is 1.23. The number of furan rings is 1. The lowest BCUT2D eigenvalue weighted by molar-refractivity contribution is -0.385. The number of esters is 1. The van der Waals surface area contributed by atoms with E-state index in [0.29, 0.717) is 11.3 Å². The Morgan fingerprint density at radius 1 is 1.28 bits per heavy atom. The summed E-state index contributed by atoms with van der Waals surface area (Å²) >= 11 is 0. The van der Waals surface area contributed by atoms with Gasteiger partial charge in [-0.25, -0.2) is 4.79 Å². The largest absolute Gasteiger partial charge is 0.477 e. The van der Waals surface area contributed by atoms with Crippen LogP contribution in [0.5, 0.6) is 5.75 Å². The minimum atomic E-state index is -0.618. The summed E-state index contributed by atoms with van der Waals surface area (Å²) in [5.74, 6) is -0.719. The molecule has 1 aromatic heterocycles. The second kappa shape index (κ2) is 7.95. The first kappa shape index (κ1) is 18.0. The van der Waals surface area contributed by atoms with Crippen LogP contribution in [0.4, 0.5) is 5.69 Å². The highest BCUT2D eigenvalue weighted by Gasteiger charge is 2.16. The van der Waals surface area contributed by atoms with E-state index in [1.54, 1.807) is 13.0 Å². The van der Waals surface area contributed by atoms with Gasteiger partial charge in [-0.15, -0.1) is 0 Å². The number of nitro groups is 1. The number of carbonyl (C=O) groups excluding carboxylic acids is 2. The Hall–Kier alpha value is -3.36. The lowest BCUT2D eigenvalue weighted by atomic mass is 10.2. The second-order valence-corrected chi connectivity index (χ2v) is 5.05. The maximum Gasteiger partial charge on any atom is 0.373 e. The maximum atomic E-state index is 11.8. The lowest BCUT2D eigenvalue weighted by Crippen LogP contribution is -2.28. The molecule has 0 unspecified atom stereocenters. The quantitative estimate of drug-likeness (QED) is 0.461. The summed E-state index contributed by atoms with van der Waals surface area (Å²) in [6, 6.07) is 7.41. The molecular formula is C16H16N2O7. The smallest absolute Gasteiger partial charge is 0.373 e. The van der Waals surface area contributed by atoms with Gasteiger partial charge in [0.15, 0.2) is 12.4 Å². The molecule has 1 heterocycles. The molecule has 2 rings (SSSR count). The van der Waals surface area contributed by atoms with E-state index in [-0.39, 0.29) is 23.7 Å². The Labute approximate surface area is 142 Å². The van der Waals surface area contributed by atoms with Gasteiger partial charge in [-0.1, -0.05) is 6.07 Å². The molecule has 0 atom stereocenters. The monoisotopic (exact) mass is 348 g/mol. The normalized spacial score (nSPS) is 10.2. The molecule has 1 aromatic carbocycles. The highest BCUT2D eigenvalue weighted by atomic mass is 16.6. The Balaban J connectivity index is 1.88. The fraction of sp³-hybridized carbons (Fsp3) is 0.250. The fourth-order valence-electron chi connectivity index (χ4n) is 1.96. The van der Waals surface area contributed by atoms with Crippen LogP contribution in [0.25, 0.3) is 0 Å². The minimum Gasteiger partial charge on any atom is -0.477 e. The number of ether oxygens (including phenoxy) is 2. The summed E-state index contributed by atoms with van der Waals surface area (Å²) in [4.78, 5) is 33.5. The zero-order chi connectivity index (χ0) is 18.4. The van der Waals surface area contributed by atoms with E-state index < -0.39 is 23.4 Å². The van der Waals surface area contributed by atoms with Gasteiger partial charge in [0.25, 0.3) is 5.91 Å². The van der Waals surface area contributed by atoms with Crippen molar-refractivity contribution in [3.05, 3.63) is 57.5 Å². The summed E-state index contributed by atoms with van der Waals surface area (Å²) < 4.78 is 14.9. The number of hydrogen-bond donors (Lipinski definition) is 1. The predicted molar refractivity (Wildman–Crippen MR) is 85.2 cm³/mol. The van der Waals surface area contributed by atoms with Gasteiger partial charge in [-0.2, -0.15) is 0 Å². The molecule has 0 aliphatic heterocycles. The Morgan fingerprint density at radius 2 is 2.04 bits per heavy atom. The van der Waals surface area contributed by atoms with Gasteiger partial charge in [0.2, 0.25) is 5.76 Å². The van der Waals surface area contributed by atoms with E-state index in [9.17, 15) is 19.7 Å². The molecule has 0 saturated heterocycles. The van der Waals surface area contributed by atoms with Crippen LogP contribution in [0.1, 0.15) is 21.9 Å². The van der Waals surface area contributed by atoms with Crippen molar-refractivity contribution >= 4 is 17.6 Å². The van der Waals surface area contributed by atoms with Crippen molar-refractivity contribution in [3.8, 4) is 5.75 Å². The summed E-state index contributed by atoms with van der Waals surface area (Å²) in [5, 5.41) is 13.5. The molecule has 0 aliphatic rings. The highest BCUT2D eigenvalue weighted by Crippen LogP contribution is 2.27. The van der Waals surface area contributed by atoms with Crippen LogP contribution in [0, 0.1) is 17.0 Å². The number of hydrogen-bond acceptors (Lipinski definition) is 7. The third kappa shape index (κ3) is 4.80. The van der Waals surface area contributed by atoms with Crippen LogP contribution in [-0.4, -0.2) is 30.5 Å². The van der Waals surface area contributed by atoms with Crippen molar-refractivity contribution < 1.29 is 28.4 Å². The maximum absolute atomic E-state index is 11.8. The Kier molecular flexibility index (Phi) is 5.72. The van der Waals surface area contributed by atoms with Gasteiger partial charge in [-0.05, 0) is 30.7 Å². The first-order valence-corrected chi connectivity index (χ1v) is 7.22. The number of aryl methyl sites for hydroxylation is 1. The van der Waals surface area contributed by atoms with Crippen molar-refractivity contribution in [3.63, 3.8) is 0 Å². The topological polar surface area (TPSA) is 121 Å². The van der Waals surface area contributed by atoms with Crippen LogP contribution in [-0.2, 0) is 16.1 Å². The van der Waals surface area contributed by atoms with Crippen LogP contribution in [0.15, 0.2) is 34.7 Å². The number of rotatable bonds is 7. The number of nitrogens with zero attached hydrogens (tertiary/aromatic N) is 1. The van der Waals surface area contributed by atoms with Crippen molar-refractivity contribution in [1.29, 1.82) is 0 Å². The minimum absolute atomic E-state index is 0.0109. The molecule has 9 heteroatoms. The van der Waals surface area contributed by atoms with E-state index in [1.165, 1.54) is 31.4 Å². The van der Waals surface area contributed by atoms with Gasteiger partial charge in [0.05, 0.1) is 18.6 Å². The molecule has 0 radical (unpaired) electrons. The number of amides is 1. The zero-order valence-corrected chi connectivity index (χ0v) is 13.6. The third-order valence-corrected chi connectivity index (χ3v) is 3.18. The standard InChI is InChI=1S/C16H16N2O7/c1-10-3-5-13(12(7-10)18(21)22)24-9-15(19)17-8-11-4-6-14(25-11)16(20)23-2/h3-7H,8-9H2,1-2H3,(H,17,19). The highest BCUT2D eigenvalue weighted by molar-refractivity contribution is 5.86. The van der Waals surface area contributed by atoms with Crippen molar-refractivity contribution in [1.82, 2.24) is 5.32 Å². The summed E-state index contributed by atoms with van der Waals surface area (Å²) in [6.07, 6.45) is 0. The molecule has 0 bridgehead atoms. The van der Waals surface area contributed by atoms with Gasteiger partial charge < -0.3 is 19.2 Å². The van der Waals surface area contributed by atoms with Crippen molar-refractivity contribution in [2.24, 2.45) is 0 Å². The Bertz CT molecular complexity index is 798. The molecule has 2 aromatic rings. The Morgan fingerprint density at radius 3 is 2.72 bits per heavy atom. The molecule has 9 nitrogen and oxygen atoms in total. The molecule has 0 aliphatic carbocycles. The number of methoxy groups -OCH3 is 1. The molecule has 132 valence electrons. The third-order valence-electron chi connectivity index (χ3n) is 3.18. The zero-order valence-electron chi connectivity index (χ0n) is 13.6. The average Bonchev–Trinajstić information content (AvgIpc) is 3.07. The molecule has 1 amide bonds. The SMILES string of the molecule is COC(=O)c1ccc(CNC(=O)COc2ccc(C)cc2[N+](=O)[O-])o1. The lowest BCUT2D eigenvalue weighted by Gasteiger charge is -2.07. The van der Waals surface area contributed by atoms with Crippen molar-refractivity contribution in [2.75, 3.05) is 13.7 Å². The van der Waals surface area contributed by atoms with E-state index in [1.807, 2.05) is 0 Å². The molecule has 0 saturated carbocycles. The van der Waals surface area contributed by atoms with Gasteiger partial charge in [0.1, 0.15) is 5.76 Å². The predicted octanol–water partition coefficient (Wildman–Crippen LogP) is 1.98. The van der Waals surface area contributed by atoms with Crippen LogP contribution in [0.3, 0.4) is 0 Å². The first-order chi connectivity index (χ1) is 11.9. The average molecular weight is 348 g/mol. The first-order valence-electron chi connectivity index (χ1n) is 7.22. The molecule has 0 spiro atoms. The summed E-state index contributed by atoms with van der Waals surface area (Å²) in [6.45, 7) is 1.36. The van der Waals surface area contributed by atoms with Gasteiger partial charge in [-0.3, -0.25) is 14.9 Å². The number of benzene rings is 1. The van der Waals surface area contributed by atoms with Gasteiger partial charge in [0, 0.05) is 6.07 Å². The van der Waals surface area contributed by atoms with Crippen molar-refractivity contribution in [2.45, 2.75) is 13.5 Å². The van der Waals surface area contributed by atoms with E-state index in [2.05, 4.69) is 10.1 Å².